The van der Waals surface area contributed by atoms with E-state index >= 15 is 0 Å². The van der Waals surface area contributed by atoms with Crippen LogP contribution in [-0.4, -0.2) is 10.7 Å². The Morgan fingerprint density at radius 3 is 2.45 bits per heavy atom. The van der Waals surface area contributed by atoms with Gasteiger partial charge in [0, 0.05) is 0 Å². The van der Waals surface area contributed by atoms with Crippen LogP contribution in [0.25, 0.3) is 0 Å². The SMILES string of the molecule is Cc1ccc(C2Oc3ccccc3C(=O)C2(C)Cl)cc1. The molecule has 0 spiro atoms. The highest BCUT2D eigenvalue weighted by Gasteiger charge is 2.47. The first-order valence-corrected chi connectivity index (χ1v) is 6.94. The molecule has 0 amide bonds. The number of ketones is 1. The van der Waals surface area contributed by atoms with E-state index in [1.54, 1.807) is 19.1 Å². The number of aryl methyl sites for hydroxylation is 1. The third-order valence-electron chi connectivity index (χ3n) is 3.69. The summed E-state index contributed by atoms with van der Waals surface area (Å²) in [5.41, 5.74) is 2.62. The van der Waals surface area contributed by atoms with Gasteiger partial charge < -0.3 is 4.74 Å². The number of halogens is 1. The Bertz CT molecular complexity index is 659. The average molecular weight is 287 g/mol. The molecule has 3 heteroatoms. The summed E-state index contributed by atoms with van der Waals surface area (Å²) in [6.07, 6.45) is -0.479. The summed E-state index contributed by atoms with van der Waals surface area (Å²) in [6, 6.07) is 15.1. The average Bonchev–Trinajstić information content (AvgIpc) is 2.44. The van der Waals surface area contributed by atoms with Crippen LogP contribution < -0.4 is 4.74 Å². The van der Waals surface area contributed by atoms with E-state index in [1.165, 1.54) is 0 Å². The molecule has 2 aromatic rings. The van der Waals surface area contributed by atoms with Gasteiger partial charge in [0.2, 0.25) is 0 Å². The van der Waals surface area contributed by atoms with Gasteiger partial charge in [-0.1, -0.05) is 42.0 Å². The molecule has 1 aliphatic heterocycles. The van der Waals surface area contributed by atoms with Crippen LogP contribution in [0.3, 0.4) is 0 Å². The van der Waals surface area contributed by atoms with Crippen molar-refractivity contribution in [3.63, 3.8) is 0 Å². The van der Waals surface area contributed by atoms with E-state index in [9.17, 15) is 4.79 Å². The molecule has 1 heterocycles. The normalized spacial score (nSPS) is 24.9. The maximum Gasteiger partial charge on any atom is 0.191 e. The lowest BCUT2D eigenvalue weighted by atomic mass is 9.86. The van der Waals surface area contributed by atoms with Crippen LogP contribution in [0.5, 0.6) is 5.75 Å². The van der Waals surface area contributed by atoms with Crippen molar-refractivity contribution in [2.24, 2.45) is 0 Å². The van der Waals surface area contributed by atoms with Crippen LogP contribution in [0.2, 0.25) is 0 Å². The van der Waals surface area contributed by atoms with Crippen LogP contribution in [0.1, 0.15) is 34.5 Å². The van der Waals surface area contributed by atoms with Gasteiger partial charge in [0.25, 0.3) is 0 Å². The Kier molecular flexibility index (Phi) is 3.06. The lowest BCUT2D eigenvalue weighted by Crippen LogP contribution is -2.42. The molecule has 0 saturated heterocycles. The van der Waals surface area contributed by atoms with Gasteiger partial charge in [0.15, 0.2) is 5.78 Å². The highest BCUT2D eigenvalue weighted by molar-refractivity contribution is 6.39. The molecule has 0 N–H and O–H groups in total. The molecule has 2 atom stereocenters. The maximum atomic E-state index is 12.6. The van der Waals surface area contributed by atoms with Crippen LogP contribution in [0.4, 0.5) is 0 Å². The monoisotopic (exact) mass is 286 g/mol. The van der Waals surface area contributed by atoms with Gasteiger partial charge in [-0.2, -0.15) is 0 Å². The summed E-state index contributed by atoms with van der Waals surface area (Å²) in [6.45, 7) is 3.74. The fourth-order valence-corrected chi connectivity index (χ4v) is 2.77. The molecule has 0 fully saturated rings. The first kappa shape index (κ1) is 13.2. The van der Waals surface area contributed by atoms with Crippen LogP contribution in [0, 0.1) is 6.92 Å². The maximum absolute atomic E-state index is 12.6. The smallest absolute Gasteiger partial charge is 0.191 e. The summed E-state index contributed by atoms with van der Waals surface area (Å²) < 4.78 is 5.99. The minimum absolute atomic E-state index is 0.0911. The number of fused-ring (bicyclic) bond motifs is 1. The second-order valence-electron chi connectivity index (χ2n) is 5.31. The molecule has 0 aromatic heterocycles. The third-order valence-corrected chi connectivity index (χ3v) is 4.06. The van der Waals surface area contributed by atoms with E-state index in [-0.39, 0.29) is 5.78 Å². The zero-order chi connectivity index (χ0) is 14.3. The van der Waals surface area contributed by atoms with Gasteiger partial charge in [0.1, 0.15) is 16.7 Å². The van der Waals surface area contributed by atoms with Gasteiger partial charge in [-0.15, -0.1) is 11.6 Å². The lowest BCUT2D eigenvalue weighted by Gasteiger charge is -2.36. The van der Waals surface area contributed by atoms with Gasteiger partial charge in [-0.3, -0.25) is 4.79 Å². The summed E-state index contributed by atoms with van der Waals surface area (Å²) in [7, 11) is 0. The molecule has 1 aliphatic rings. The molecule has 0 radical (unpaired) electrons. The first-order chi connectivity index (χ1) is 9.50. The van der Waals surface area contributed by atoms with E-state index in [2.05, 4.69) is 0 Å². The number of ether oxygens (including phenoxy) is 1. The highest BCUT2D eigenvalue weighted by atomic mass is 35.5. The molecule has 102 valence electrons. The second-order valence-corrected chi connectivity index (χ2v) is 6.09. The summed E-state index contributed by atoms with van der Waals surface area (Å²) in [5, 5.41) is 0. The van der Waals surface area contributed by atoms with Crippen LogP contribution in [0.15, 0.2) is 48.5 Å². The Balaban J connectivity index is 2.09. The van der Waals surface area contributed by atoms with E-state index in [1.807, 2.05) is 43.3 Å². The molecule has 20 heavy (non-hydrogen) atoms. The summed E-state index contributed by atoms with van der Waals surface area (Å²) in [4.78, 5) is 11.5. The van der Waals surface area contributed by atoms with E-state index < -0.39 is 11.0 Å². The predicted molar refractivity (Wildman–Crippen MR) is 79.6 cm³/mol. The third kappa shape index (κ3) is 2.01. The molecular weight excluding hydrogens is 272 g/mol. The standard InChI is InChI=1S/C17H15ClO2/c1-11-7-9-12(10-8-11)16-17(2,18)15(19)13-5-3-4-6-14(13)20-16/h3-10,16H,1-2H3. The van der Waals surface area contributed by atoms with E-state index in [0.29, 0.717) is 11.3 Å². The molecule has 0 aliphatic carbocycles. The Labute approximate surface area is 123 Å². The summed E-state index contributed by atoms with van der Waals surface area (Å²) in [5.74, 6) is 0.507. The molecule has 3 rings (SSSR count). The lowest BCUT2D eigenvalue weighted by molar-refractivity contribution is 0.0744. The second kappa shape index (κ2) is 4.64. The number of hydrogen-bond donors (Lipinski definition) is 0. The number of alkyl halides is 1. The molecule has 2 nitrogen and oxygen atoms in total. The zero-order valence-electron chi connectivity index (χ0n) is 11.4. The number of benzene rings is 2. The highest BCUT2D eigenvalue weighted by Crippen LogP contribution is 2.44. The van der Waals surface area contributed by atoms with Crippen molar-refractivity contribution in [3.8, 4) is 5.75 Å². The topological polar surface area (TPSA) is 26.3 Å². The van der Waals surface area contributed by atoms with Crippen molar-refractivity contribution < 1.29 is 9.53 Å². The molecule has 2 unspecified atom stereocenters. The number of Topliss-reactive ketones (excluding diaryl/α,β-unsaturated/α-hetero) is 1. The molecule has 2 aromatic carbocycles. The van der Waals surface area contributed by atoms with Crippen molar-refractivity contribution in [1.82, 2.24) is 0 Å². The predicted octanol–water partition coefficient (Wildman–Crippen LogP) is 4.31. The van der Waals surface area contributed by atoms with Gasteiger partial charge >= 0.3 is 0 Å². The number of carbonyl (C=O) groups is 1. The first-order valence-electron chi connectivity index (χ1n) is 6.56. The number of hydrogen-bond acceptors (Lipinski definition) is 2. The van der Waals surface area contributed by atoms with Gasteiger partial charge in [0.05, 0.1) is 5.56 Å². The zero-order valence-corrected chi connectivity index (χ0v) is 12.1. The largest absolute Gasteiger partial charge is 0.483 e. The fourth-order valence-electron chi connectivity index (χ4n) is 2.50. The number of carbonyl (C=O) groups excluding carboxylic acids is 1. The van der Waals surface area contributed by atoms with Crippen molar-refractivity contribution in [2.75, 3.05) is 0 Å². The van der Waals surface area contributed by atoms with Crippen molar-refractivity contribution >= 4 is 17.4 Å². The number of rotatable bonds is 1. The molecule has 0 saturated carbocycles. The Hall–Kier alpha value is -1.80. The minimum atomic E-state index is -1.09. The van der Waals surface area contributed by atoms with Gasteiger partial charge in [-0.25, -0.2) is 0 Å². The van der Waals surface area contributed by atoms with Crippen LogP contribution in [-0.2, 0) is 0 Å². The van der Waals surface area contributed by atoms with E-state index in [4.69, 9.17) is 16.3 Å². The van der Waals surface area contributed by atoms with Crippen molar-refractivity contribution in [3.05, 3.63) is 65.2 Å². The molecular formula is C17H15ClO2. The van der Waals surface area contributed by atoms with Crippen molar-refractivity contribution in [1.29, 1.82) is 0 Å². The Morgan fingerprint density at radius 1 is 1.10 bits per heavy atom. The summed E-state index contributed by atoms with van der Waals surface area (Å²) >= 11 is 6.52. The van der Waals surface area contributed by atoms with Gasteiger partial charge in [-0.05, 0) is 31.5 Å². The van der Waals surface area contributed by atoms with Crippen molar-refractivity contribution in [2.45, 2.75) is 24.8 Å². The fraction of sp³-hybridized carbons (Fsp3) is 0.235. The quantitative estimate of drug-likeness (QED) is 0.730. The Morgan fingerprint density at radius 2 is 1.75 bits per heavy atom. The molecule has 0 bridgehead atoms. The van der Waals surface area contributed by atoms with E-state index in [0.717, 1.165) is 11.1 Å². The van der Waals surface area contributed by atoms with Crippen LogP contribution >= 0.6 is 11.6 Å². The number of para-hydroxylation sites is 1. The minimum Gasteiger partial charge on any atom is -0.483 e.